The van der Waals surface area contributed by atoms with Gasteiger partial charge in [-0.1, -0.05) is 13.0 Å². The maximum absolute atomic E-state index is 12.0. The summed E-state index contributed by atoms with van der Waals surface area (Å²) in [5, 5.41) is 2.93. The summed E-state index contributed by atoms with van der Waals surface area (Å²) in [6.45, 7) is 5.52. The van der Waals surface area contributed by atoms with Crippen molar-refractivity contribution in [2.24, 2.45) is 11.7 Å². The van der Waals surface area contributed by atoms with E-state index in [0.29, 0.717) is 0 Å². The Morgan fingerprint density at radius 2 is 1.85 bits per heavy atom. The fourth-order valence-electron chi connectivity index (χ4n) is 1.99. The molecule has 0 aliphatic carbocycles. The molecule has 6 heteroatoms. The van der Waals surface area contributed by atoms with Gasteiger partial charge in [-0.05, 0) is 31.5 Å². The molecule has 1 aromatic heterocycles. The van der Waals surface area contributed by atoms with Gasteiger partial charge in [-0.15, -0.1) is 0 Å². The molecule has 1 aromatic carbocycles. The maximum atomic E-state index is 12.0. The summed E-state index contributed by atoms with van der Waals surface area (Å²) in [6.07, 6.45) is 0. The number of amides is 1. The lowest BCUT2D eigenvalue weighted by molar-refractivity contribution is -0.125. The zero-order valence-corrected chi connectivity index (χ0v) is 11.9. The molecule has 0 radical (unpaired) electrons. The van der Waals surface area contributed by atoms with Crippen LogP contribution in [0.15, 0.2) is 23.0 Å². The first kappa shape index (κ1) is 14.3. The van der Waals surface area contributed by atoms with Gasteiger partial charge < -0.3 is 21.0 Å². The predicted octanol–water partition coefficient (Wildman–Crippen LogP) is 1.02. The number of hydrogen-bond donors (Lipinski definition) is 4. The van der Waals surface area contributed by atoms with Gasteiger partial charge in [0.25, 0.3) is 0 Å². The van der Waals surface area contributed by atoms with E-state index < -0.39 is 0 Å². The minimum Gasteiger partial charge on any atom is -0.349 e. The third-order valence-corrected chi connectivity index (χ3v) is 3.60. The molecule has 5 N–H and O–H groups in total. The second-order valence-corrected chi connectivity index (χ2v) is 5.26. The summed E-state index contributed by atoms with van der Waals surface area (Å²) in [7, 11) is 0. The van der Waals surface area contributed by atoms with E-state index in [0.717, 1.165) is 16.6 Å². The van der Waals surface area contributed by atoms with Crippen molar-refractivity contribution in [2.45, 2.75) is 32.9 Å². The predicted molar refractivity (Wildman–Crippen MR) is 78.3 cm³/mol. The van der Waals surface area contributed by atoms with Gasteiger partial charge in [0.15, 0.2) is 0 Å². The highest BCUT2D eigenvalue weighted by atomic mass is 16.2. The van der Waals surface area contributed by atoms with Crippen molar-refractivity contribution in [3.8, 4) is 0 Å². The number of H-pyrrole nitrogens is 2. The number of benzene rings is 1. The molecule has 0 aliphatic heterocycles. The number of fused-ring (bicyclic) bond motifs is 1. The first-order valence-corrected chi connectivity index (χ1v) is 6.66. The summed E-state index contributed by atoms with van der Waals surface area (Å²) >= 11 is 0. The first-order chi connectivity index (χ1) is 9.38. The normalized spacial score (nSPS) is 15.8. The van der Waals surface area contributed by atoms with Crippen LogP contribution in [-0.4, -0.2) is 21.9 Å². The summed E-state index contributed by atoms with van der Waals surface area (Å²) in [4.78, 5) is 28.6. The van der Waals surface area contributed by atoms with E-state index >= 15 is 0 Å². The summed E-state index contributed by atoms with van der Waals surface area (Å²) < 4.78 is 0. The Labute approximate surface area is 116 Å². The third-order valence-electron chi connectivity index (χ3n) is 3.60. The summed E-state index contributed by atoms with van der Waals surface area (Å²) in [5.41, 5.74) is 7.90. The molecule has 0 bridgehead atoms. The summed E-state index contributed by atoms with van der Waals surface area (Å²) in [6, 6.07) is 5.22. The maximum Gasteiger partial charge on any atom is 0.323 e. The van der Waals surface area contributed by atoms with E-state index in [4.69, 9.17) is 5.73 Å². The van der Waals surface area contributed by atoms with E-state index in [1.54, 1.807) is 6.92 Å². The van der Waals surface area contributed by atoms with Crippen LogP contribution in [0.1, 0.15) is 32.4 Å². The number of imidazole rings is 1. The third kappa shape index (κ3) is 2.91. The van der Waals surface area contributed by atoms with Gasteiger partial charge in [0, 0.05) is 12.0 Å². The van der Waals surface area contributed by atoms with Crippen molar-refractivity contribution < 1.29 is 4.79 Å². The van der Waals surface area contributed by atoms with Crippen LogP contribution in [0.5, 0.6) is 0 Å². The largest absolute Gasteiger partial charge is 0.349 e. The lowest BCUT2D eigenvalue weighted by Crippen LogP contribution is -2.39. The fourth-order valence-corrected chi connectivity index (χ4v) is 1.99. The van der Waals surface area contributed by atoms with Crippen LogP contribution in [0.4, 0.5) is 0 Å². The summed E-state index contributed by atoms with van der Waals surface area (Å²) in [5.74, 6) is -0.316. The Bertz CT molecular complexity index is 671. The molecule has 3 unspecified atom stereocenters. The van der Waals surface area contributed by atoms with Gasteiger partial charge in [-0.25, -0.2) is 4.79 Å². The van der Waals surface area contributed by atoms with E-state index in [1.165, 1.54) is 0 Å². The monoisotopic (exact) mass is 276 g/mol. The number of rotatable bonds is 4. The number of carbonyl (C=O) groups excluding carboxylic acids is 1. The number of aromatic nitrogens is 2. The van der Waals surface area contributed by atoms with Gasteiger partial charge in [0.2, 0.25) is 5.91 Å². The topological polar surface area (TPSA) is 104 Å². The Kier molecular flexibility index (Phi) is 3.94. The average molecular weight is 276 g/mol. The van der Waals surface area contributed by atoms with Gasteiger partial charge in [0.1, 0.15) is 0 Å². The van der Waals surface area contributed by atoms with Gasteiger partial charge >= 0.3 is 5.69 Å². The Morgan fingerprint density at radius 1 is 1.20 bits per heavy atom. The van der Waals surface area contributed by atoms with Gasteiger partial charge in [-0.3, -0.25) is 4.79 Å². The first-order valence-electron chi connectivity index (χ1n) is 6.66. The second kappa shape index (κ2) is 5.50. The average Bonchev–Trinajstić information content (AvgIpc) is 2.76. The molecule has 0 saturated heterocycles. The van der Waals surface area contributed by atoms with Crippen LogP contribution in [0.3, 0.4) is 0 Å². The number of hydrogen-bond acceptors (Lipinski definition) is 3. The Balaban J connectivity index is 2.16. The van der Waals surface area contributed by atoms with E-state index in [-0.39, 0.29) is 29.6 Å². The molecule has 20 heavy (non-hydrogen) atoms. The van der Waals surface area contributed by atoms with E-state index in [2.05, 4.69) is 15.3 Å². The Hall–Kier alpha value is -2.08. The molecule has 2 rings (SSSR count). The quantitative estimate of drug-likeness (QED) is 0.670. The van der Waals surface area contributed by atoms with Crippen molar-refractivity contribution in [2.75, 3.05) is 0 Å². The molecular formula is C14H20N4O2. The lowest BCUT2D eigenvalue weighted by Gasteiger charge is -2.20. The molecule has 3 atom stereocenters. The highest BCUT2D eigenvalue weighted by Gasteiger charge is 2.19. The standard InChI is InChI=1S/C14H20N4O2/c1-7(8(2)15)13(19)16-9(3)10-4-5-11-12(6-10)18-14(20)17-11/h4-9H,15H2,1-3H3,(H,16,19)(H2,17,18,20). The zero-order valence-electron chi connectivity index (χ0n) is 11.9. The van der Waals surface area contributed by atoms with Crippen molar-refractivity contribution in [1.29, 1.82) is 0 Å². The molecule has 1 heterocycles. The number of carbonyl (C=O) groups is 1. The highest BCUT2D eigenvalue weighted by molar-refractivity contribution is 5.80. The van der Waals surface area contributed by atoms with Gasteiger partial charge in [0.05, 0.1) is 17.1 Å². The van der Waals surface area contributed by atoms with E-state index in [1.807, 2.05) is 32.0 Å². The Morgan fingerprint density at radius 3 is 2.50 bits per heavy atom. The van der Waals surface area contributed by atoms with Crippen LogP contribution >= 0.6 is 0 Å². The smallest absolute Gasteiger partial charge is 0.323 e. The fraction of sp³-hybridized carbons (Fsp3) is 0.429. The molecule has 0 aliphatic rings. The lowest BCUT2D eigenvalue weighted by atomic mass is 10.0. The molecule has 0 saturated carbocycles. The van der Waals surface area contributed by atoms with Crippen molar-refractivity contribution in [1.82, 2.24) is 15.3 Å². The molecule has 6 nitrogen and oxygen atoms in total. The van der Waals surface area contributed by atoms with Gasteiger partial charge in [-0.2, -0.15) is 0 Å². The molecule has 0 spiro atoms. The minimum absolute atomic E-state index is 0.0739. The molecular weight excluding hydrogens is 256 g/mol. The van der Waals surface area contributed by atoms with Crippen LogP contribution in [0.25, 0.3) is 11.0 Å². The molecule has 1 amide bonds. The highest BCUT2D eigenvalue weighted by Crippen LogP contribution is 2.17. The molecule has 0 fully saturated rings. The number of nitrogens with one attached hydrogen (secondary N) is 3. The van der Waals surface area contributed by atoms with Crippen molar-refractivity contribution in [3.63, 3.8) is 0 Å². The van der Waals surface area contributed by atoms with Crippen LogP contribution in [0.2, 0.25) is 0 Å². The van der Waals surface area contributed by atoms with Crippen LogP contribution < -0.4 is 16.7 Å². The van der Waals surface area contributed by atoms with E-state index in [9.17, 15) is 9.59 Å². The van der Waals surface area contributed by atoms with Crippen LogP contribution in [0, 0.1) is 5.92 Å². The van der Waals surface area contributed by atoms with Crippen molar-refractivity contribution >= 4 is 16.9 Å². The van der Waals surface area contributed by atoms with Crippen LogP contribution in [-0.2, 0) is 4.79 Å². The molecule has 108 valence electrons. The number of nitrogens with two attached hydrogens (primary N) is 1. The second-order valence-electron chi connectivity index (χ2n) is 5.26. The number of aromatic amines is 2. The van der Waals surface area contributed by atoms with Crippen molar-refractivity contribution in [3.05, 3.63) is 34.2 Å². The zero-order chi connectivity index (χ0) is 14.9. The SMILES string of the molecule is CC(NC(=O)C(C)C(C)N)c1ccc2[nH]c(=O)[nH]c2c1. The molecule has 2 aromatic rings. The minimum atomic E-state index is -0.242.